The van der Waals surface area contributed by atoms with Gasteiger partial charge in [-0.2, -0.15) is 18.0 Å². The molecule has 9 rings (SSSR count). The van der Waals surface area contributed by atoms with Gasteiger partial charge in [-0.3, -0.25) is 38.7 Å². The fourth-order valence-corrected chi connectivity index (χ4v) is 10.8. The molecule has 1 atom stereocenters. The summed E-state index contributed by atoms with van der Waals surface area (Å²) in [6, 6.07) is 13.1. The summed E-state index contributed by atoms with van der Waals surface area (Å²) in [5.41, 5.74) is 0.767. The lowest BCUT2D eigenvalue weighted by Crippen LogP contribution is -2.58. The Balaban J connectivity index is 0.754. The Hall–Kier alpha value is -5.97. The standard InChI is InChI=1S/C45H49F2N9O7S/c1-3-53(2)64(61,62)52-38-9-7-35(46)41(34(38)22-48)63-31-5-8-37-33(19-31)44(60)56(25-49-37)30-20-45(21-30)12-14-54(15-13-45)43(59)26-16-29(17-26)55-23-27(24-55)32-6-4-28(18-36(32)47)50-39-10-11-40(57)51-42(39)58/h4-9,18-19,25-27,29-30,39,50,52H,3,10-17,20-21,23-24H2,1-2H3,(H,51,57,58)/t26-,29-,39?. The third-order valence-corrected chi connectivity index (χ3v) is 15.6. The molecule has 0 bridgehead atoms. The molecule has 2 aliphatic carbocycles. The van der Waals surface area contributed by atoms with Crippen molar-refractivity contribution in [2.45, 2.75) is 82.3 Å². The number of carbonyl (C=O) groups excluding carboxylic acids is 3. The highest BCUT2D eigenvalue weighted by Crippen LogP contribution is 2.55. The number of nitrogens with one attached hydrogen (secondary N) is 3. The second-order valence-corrected chi connectivity index (χ2v) is 19.7. The minimum atomic E-state index is -4.02. The van der Waals surface area contributed by atoms with Crippen LogP contribution >= 0.6 is 0 Å². The summed E-state index contributed by atoms with van der Waals surface area (Å²) in [4.78, 5) is 59.8. The molecular weight excluding hydrogens is 849 g/mol. The van der Waals surface area contributed by atoms with Gasteiger partial charge in [0.1, 0.15) is 29.2 Å². The predicted octanol–water partition coefficient (Wildman–Crippen LogP) is 4.99. The van der Waals surface area contributed by atoms with Crippen molar-refractivity contribution < 1.29 is 36.3 Å². The number of amides is 3. The molecule has 3 aromatic carbocycles. The summed E-state index contributed by atoms with van der Waals surface area (Å²) in [5.74, 6) is -2.11. The number of hydrogen-bond acceptors (Lipinski definition) is 11. The monoisotopic (exact) mass is 897 g/mol. The molecule has 19 heteroatoms. The molecule has 3 aliphatic heterocycles. The van der Waals surface area contributed by atoms with Gasteiger partial charge in [-0.25, -0.2) is 13.8 Å². The highest BCUT2D eigenvalue weighted by molar-refractivity contribution is 7.90. The van der Waals surface area contributed by atoms with Crippen LogP contribution in [-0.2, 0) is 24.6 Å². The van der Waals surface area contributed by atoms with Crippen LogP contribution in [0.25, 0.3) is 10.9 Å². The van der Waals surface area contributed by atoms with E-state index in [1.54, 1.807) is 36.0 Å². The number of likely N-dealkylation sites (tertiary alicyclic amines) is 2. The molecule has 3 amide bonds. The van der Waals surface area contributed by atoms with Crippen molar-refractivity contribution in [1.29, 1.82) is 5.26 Å². The number of carbonyl (C=O) groups is 3. The molecule has 336 valence electrons. The molecule has 3 N–H and O–H groups in total. The van der Waals surface area contributed by atoms with Crippen LogP contribution < -0.4 is 25.7 Å². The topological polar surface area (TPSA) is 199 Å². The number of piperidine rings is 2. The second kappa shape index (κ2) is 16.9. The third-order valence-electron chi connectivity index (χ3n) is 14.1. The molecule has 2 saturated carbocycles. The normalized spacial score (nSPS) is 22.6. The molecule has 1 spiro atoms. The maximum absolute atomic E-state index is 15.2. The minimum absolute atomic E-state index is 0.0216. The molecule has 5 fully saturated rings. The van der Waals surface area contributed by atoms with Crippen LogP contribution in [-0.4, -0.2) is 102 Å². The summed E-state index contributed by atoms with van der Waals surface area (Å²) in [6.07, 6.45) is 6.95. The molecule has 64 heavy (non-hydrogen) atoms. The Kier molecular flexibility index (Phi) is 11.4. The first-order valence-corrected chi connectivity index (χ1v) is 23.2. The summed E-state index contributed by atoms with van der Waals surface area (Å²) in [5, 5.41) is 15.5. The van der Waals surface area contributed by atoms with Crippen molar-refractivity contribution in [3.63, 3.8) is 0 Å². The summed E-state index contributed by atoms with van der Waals surface area (Å²) in [6.45, 7) is 4.59. The van der Waals surface area contributed by atoms with Gasteiger partial charge in [-0.05, 0) is 98.4 Å². The fraction of sp³-hybridized carbons (Fsp3) is 0.467. The maximum Gasteiger partial charge on any atom is 0.301 e. The van der Waals surface area contributed by atoms with Gasteiger partial charge in [0.15, 0.2) is 11.6 Å². The van der Waals surface area contributed by atoms with Gasteiger partial charge in [0.05, 0.1) is 22.9 Å². The number of ether oxygens (including phenoxy) is 1. The van der Waals surface area contributed by atoms with Gasteiger partial charge in [-0.15, -0.1) is 0 Å². The molecule has 0 radical (unpaired) electrons. The van der Waals surface area contributed by atoms with E-state index in [4.69, 9.17) is 4.74 Å². The molecule has 5 aliphatic rings. The van der Waals surface area contributed by atoms with Crippen LogP contribution in [0.1, 0.15) is 81.4 Å². The van der Waals surface area contributed by atoms with E-state index in [9.17, 15) is 32.9 Å². The van der Waals surface area contributed by atoms with Gasteiger partial charge in [0, 0.05) is 75.8 Å². The van der Waals surface area contributed by atoms with Crippen molar-refractivity contribution in [2.75, 3.05) is 49.8 Å². The Morgan fingerprint density at radius 1 is 1.03 bits per heavy atom. The second-order valence-electron chi connectivity index (χ2n) is 17.9. The van der Waals surface area contributed by atoms with E-state index in [1.807, 2.05) is 11.0 Å². The lowest BCUT2D eigenvalue weighted by Gasteiger charge is -2.54. The SMILES string of the molecule is CCN(C)S(=O)(=O)Nc1ccc(F)c(Oc2ccc3ncn(C4CC5(CCN(C(=O)[C@H]6C[C@H](N7CC(c8ccc(NC9CCC(=O)NC9=O)cc8F)C7)C6)CC5)C4)c(=O)c3c2)c1C#N. The minimum Gasteiger partial charge on any atom is -0.453 e. The summed E-state index contributed by atoms with van der Waals surface area (Å²) < 4.78 is 66.3. The van der Waals surface area contributed by atoms with Crippen molar-refractivity contribution >= 4 is 50.2 Å². The lowest BCUT2D eigenvalue weighted by molar-refractivity contribution is -0.145. The number of rotatable bonds is 12. The number of nitriles is 1. The number of nitrogens with zero attached hydrogens (tertiary/aromatic N) is 6. The van der Waals surface area contributed by atoms with Gasteiger partial charge in [0.2, 0.25) is 17.7 Å². The number of anilines is 2. The molecule has 1 unspecified atom stereocenters. The van der Waals surface area contributed by atoms with Crippen LogP contribution in [0.15, 0.2) is 59.7 Å². The van der Waals surface area contributed by atoms with Crippen LogP contribution in [0, 0.1) is 34.3 Å². The van der Waals surface area contributed by atoms with E-state index in [1.165, 1.54) is 25.2 Å². The van der Waals surface area contributed by atoms with Crippen molar-refractivity contribution in [2.24, 2.45) is 11.3 Å². The molecule has 16 nitrogen and oxygen atoms in total. The zero-order valence-corrected chi connectivity index (χ0v) is 36.3. The number of aromatic nitrogens is 2. The zero-order chi connectivity index (χ0) is 45.1. The Morgan fingerprint density at radius 2 is 1.78 bits per heavy atom. The van der Waals surface area contributed by atoms with Crippen LogP contribution in [0.3, 0.4) is 0 Å². The fourth-order valence-electron chi connectivity index (χ4n) is 9.88. The number of imide groups is 1. The lowest BCUT2D eigenvalue weighted by atomic mass is 9.60. The smallest absolute Gasteiger partial charge is 0.301 e. The van der Waals surface area contributed by atoms with E-state index in [0.29, 0.717) is 42.3 Å². The number of benzene rings is 3. The number of hydrogen-bond donors (Lipinski definition) is 3. The van der Waals surface area contributed by atoms with E-state index in [2.05, 4.69) is 25.2 Å². The molecule has 4 aromatic rings. The van der Waals surface area contributed by atoms with E-state index >= 15 is 8.78 Å². The molecule has 1 aromatic heterocycles. The highest BCUT2D eigenvalue weighted by atomic mass is 32.2. The number of fused-ring (bicyclic) bond motifs is 1. The van der Waals surface area contributed by atoms with Gasteiger partial charge in [0.25, 0.3) is 5.56 Å². The first-order valence-electron chi connectivity index (χ1n) is 21.7. The average molecular weight is 898 g/mol. The predicted molar refractivity (Wildman–Crippen MR) is 232 cm³/mol. The van der Waals surface area contributed by atoms with Crippen LogP contribution in [0.4, 0.5) is 20.2 Å². The van der Waals surface area contributed by atoms with Crippen molar-refractivity contribution in [3.8, 4) is 17.6 Å². The largest absolute Gasteiger partial charge is 0.453 e. The highest BCUT2D eigenvalue weighted by Gasteiger charge is 2.49. The Labute approximate surface area is 368 Å². The summed E-state index contributed by atoms with van der Waals surface area (Å²) in [7, 11) is -2.66. The molecular formula is C45H49F2N9O7S. The van der Waals surface area contributed by atoms with Crippen molar-refractivity contribution in [1.82, 2.24) is 29.0 Å². The molecule has 3 saturated heterocycles. The average Bonchev–Trinajstić information content (AvgIpc) is 3.23. The van der Waals surface area contributed by atoms with Crippen molar-refractivity contribution in [3.05, 3.63) is 88.0 Å². The van der Waals surface area contributed by atoms with Gasteiger partial charge < -0.3 is 15.0 Å². The van der Waals surface area contributed by atoms with Crippen LogP contribution in [0.2, 0.25) is 0 Å². The maximum atomic E-state index is 15.2. The van der Waals surface area contributed by atoms with Crippen LogP contribution in [0.5, 0.6) is 11.5 Å². The summed E-state index contributed by atoms with van der Waals surface area (Å²) >= 11 is 0. The first-order chi connectivity index (χ1) is 30.6. The zero-order valence-electron chi connectivity index (χ0n) is 35.5. The third kappa shape index (κ3) is 8.18. The number of halogens is 2. The quantitative estimate of drug-likeness (QED) is 0.162. The van der Waals surface area contributed by atoms with E-state index in [-0.39, 0.29) is 81.8 Å². The first kappa shape index (κ1) is 43.3. The molecule has 4 heterocycles. The van der Waals surface area contributed by atoms with Gasteiger partial charge in [-0.1, -0.05) is 13.0 Å². The Bertz CT molecular complexity index is 2750. The van der Waals surface area contributed by atoms with Gasteiger partial charge >= 0.3 is 10.2 Å². The Morgan fingerprint density at radius 3 is 2.47 bits per heavy atom. The van der Waals surface area contributed by atoms with E-state index in [0.717, 1.165) is 68.1 Å². The van der Waals surface area contributed by atoms with E-state index < -0.39 is 33.7 Å².